The minimum absolute atomic E-state index is 0.255. The Morgan fingerprint density at radius 3 is 2.84 bits per heavy atom. The molecular weight excluding hydrogens is 241 g/mol. The summed E-state index contributed by atoms with van der Waals surface area (Å²) in [4.78, 5) is 7.74. The molecule has 0 fully saturated rings. The third-order valence-electron chi connectivity index (χ3n) is 3.13. The van der Waals surface area contributed by atoms with Gasteiger partial charge in [-0.05, 0) is 42.3 Å². The van der Waals surface area contributed by atoms with Crippen LogP contribution in [0.4, 0.5) is 4.39 Å². The van der Waals surface area contributed by atoms with Crippen LogP contribution in [0.15, 0.2) is 36.4 Å². The van der Waals surface area contributed by atoms with Crippen molar-refractivity contribution in [1.29, 1.82) is 0 Å². The summed E-state index contributed by atoms with van der Waals surface area (Å²) in [7, 11) is 0. The Bertz CT molecular complexity index is 726. The number of nitrogens with one attached hydrogen (secondary N) is 1. The van der Waals surface area contributed by atoms with Crippen LogP contribution in [0.1, 0.15) is 11.1 Å². The van der Waals surface area contributed by atoms with Gasteiger partial charge in [0.1, 0.15) is 11.6 Å². The monoisotopic (exact) mass is 255 g/mol. The quantitative estimate of drug-likeness (QED) is 0.739. The summed E-state index contributed by atoms with van der Waals surface area (Å²) in [5.41, 5.74) is 10.1. The van der Waals surface area contributed by atoms with Crippen molar-refractivity contribution in [2.24, 2.45) is 5.73 Å². The number of hydrogen-bond acceptors (Lipinski definition) is 2. The molecule has 0 aliphatic carbocycles. The highest BCUT2D eigenvalue weighted by molar-refractivity contribution is 5.82. The van der Waals surface area contributed by atoms with Crippen molar-refractivity contribution >= 4 is 11.0 Å². The van der Waals surface area contributed by atoms with Gasteiger partial charge in [0.05, 0.1) is 11.0 Å². The van der Waals surface area contributed by atoms with Gasteiger partial charge < -0.3 is 10.7 Å². The van der Waals surface area contributed by atoms with Crippen molar-refractivity contribution in [2.75, 3.05) is 0 Å². The van der Waals surface area contributed by atoms with E-state index in [2.05, 4.69) is 9.97 Å². The molecule has 0 radical (unpaired) electrons. The molecule has 3 nitrogen and oxygen atoms in total. The molecule has 1 aromatic heterocycles. The molecular formula is C15H14FN3. The lowest BCUT2D eigenvalue weighted by atomic mass is 10.1. The van der Waals surface area contributed by atoms with Crippen LogP contribution in [0.3, 0.4) is 0 Å². The van der Waals surface area contributed by atoms with Gasteiger partial charge in [-0.25, -0.2) is 9.37 Å². The van der Waals surface area contributed by atoms with E-state index in [0.717, 1.165) is 27.7 Å². The Balaban J connectivity index is 2.20. The summed E-state index contributed by atoms with van der Waals surface area (Å²) >= 11 is 0. The van der Waals surface area contributed by atoms with Gasteiger partial charge in [0.15, 0.2) is 0 Å². The molecule has 0 amide bonds. The number of para-hydroxylation sites is 1. The molecule has 1 heterocycles. The molecule has 0 saturated carbocycles. The molecule has 4 heteroatoms. The first-order chi connectivity index (χ1) is 9.17. The number of fused-ring (bicyclic) bond motifs is 1. The summed E-state index contributed by atoms with van der Waals surface area (Å²) in [6.07, 6.45) is 0. The smallest absolute Gasteiger partial charge is 0.138 e. The SMILES string of the molecule is Cc1cc(F)cc(-c2nc3c(CN)cccc3[nH]2)c1. The molecule has 0 aliphatic heterocycles. The minimum Gasteiger partial charge on any atom is -0.338 e. The number of halogens is 1. The third kappa shape index (κ3) is 2.11. The van der Waals surface area contributed by atoms with Crippen LogP contribution < -0.4 is 5.73 Å². The lowest BCUT2D eigenvalue weighted by Crippen LogP contribution is -1.96. The largest absolute Gasteiger partial charge is 0.338 e. The van der Waals surface area contributed by atoms with E-state index in [1.54, 1.807) is 0 Å². The summed E-state index contributed by atoms with van der Waals surface area (Å²) in [6.45, 7) is 2.30. The summed E-state index contributed by atoms with van der Waals surface area (Å²) < 4.78 is 13.5. The summed E-state index contributed by atoms with van der Waals surface area (Å²) in [5.74, 6) is 0.410. The second-order valence-electron chi connectivity index (χ2n) is 4.62. The molecule has 0 atom stereocenters. The van der Waals surface area contributed by atoms with E-state index in [1.807, 2.05) is 31.2 Å². The lowest BCUT2D eigenvalue weighted by molar-refractivity contribution is 0.627. The van der Waals surface area contributed by atoms with Crippen LogP contribution in [-0.2, 0) is 6.54 Å². The number of benzene rings is 2. The van der Waals surface area contributed by atoms with E-state index < -0.39 is 0 Å². The van der Waals surface area contributed by atoms with E-state index >= 15 is 0 Å². The van der Waals surface area contributed by atoms with Crippen LogP contribution in [0.2, 0.25) is 0 Å². The van der Waals surface area contributed by atoms with Crippen molar-refractivity contribution in [3.05, 3.63) is 53.3 Å². The van der Waals surface area contributed by atoms with Gasteiger partial charge in [-0.15, -0.1) is 0 Å². The first-order valence-electron chi connectivity index (χ1n) is 6.12. The zero-order valence-corrected chi connectivity index (χ0v) is 10.6. The average Bonchev–Trinajstić information content (AvgIpc) is 2.81. The normalized spacial score (nSPS) is 11.1. The molecule has 0 bridgehead atoms. The van der Waals surface area contributed by atoms with Crippen LogP contribution in [0.5, 0.6) is 0 Å². The molecule has 0 unspecified atom stereocenters. The molecule has 3 aromatic rings. The number of rotatable bonds is 2. The number of imidazole rings is 1. The van der Waals surface area contributed by atoms with Gasteiger partial charge in [-0.1, -0.05) is 12.1 Å². The molecule has 0 saturated heterocycles. The average molecular weight is 255 g/mol. The van der Waals surface area contributed by atoms with Gasteiger partial charge in [0, 0.05) is 12.1 Å². The maximum Gasteiger partial charge on any atom is 0.138 e. The fraction of sp³-hybridized carbons (Fsp3) is 0.133. The van der Waals surface area contributed by atoms with Gasteiger partial charge in [0.25, 0.3) is 0 Å². The Morgan fingerprint density at radius 2 is 2.11 bits per heavy atom. The number of H-pyrrole nitrogens is 1. The van der Waals surface area contributed by atoms with Crippen molar-refractivity contribution in [1.82, 2.24) is 9.97 Å². The molecule has 3 N–H and O–H groups in total. The lowest BCUT2D eigenvalue weighted by Gasteiger charge is -1.99. The Hall–Kier alpha value is -2.20. The predicted molar refractivity (Wildman–Crippen MR) is 74.1 cm³/mol. The highest BCUT2D eigenvalue weighted by Gasteiger charge is 2.09. The topological polar surface area (TPSA) is 54.7 Å². The number of nitrogens with two attached hydrogens (primary N) is 1. The maximum absolute atomic E-state index is 13.5. The van der Waals surface area contributed by atoms with Crippen molar-refractivity contribution in [2.45, 2.75) is 13.5 Å². The maximum atomic E-state index is 13.5. The zero-order valence-electron chi connectivity index (χ0n) is 10.6. The van der Waals surface area contributed by atoms with E-state index in [1.165, 1.54) is 12.1 Å². The molecule has 0 aliphatic rings. The number of aromatic nitrogens is 2. The zero-order chi connectivity index (χ0) is 13.4. The fourth-order valence-corrected chi connectivity index (χ4v) is 2.27. The van der Waals surface area contributed by atoms with Gasteiger partial charge in [0.2, 0.25) is 0 Å². The highest BCUT2D eigenvalue weighted by atomic mass is 19.1. The van der Waals surface area contributed by atoms with Crippen LogP contribution in [-0.4, -0.2) is 9.97 Å². The summed E-state index contributed by atoms with van der Waals surface area (Å²) in [6, 6.07) is 10.7. The van der Waals surface area contributed by atoms with Gasteiger partial charge in [-0.2, -0.15) is 0 Å². The number of hydrogen-bond donors (Lipinski definition) is 2. The number of nitrogens with zero attached hydrogens (tertiary/aromatic N) is 1. The molecule has 96 valence electrons. The number of aryl methyl sites for hydroxylation is 1. The predicted octanol–water partition coefficient (Wildman–Crippen LogP) is 3.14. The van der Waals surface area contributed by atoms with E-state index in [0.29, 0.717) is 12.4 Å². The Morgan fingerprint density at radius 1 is 1.26 bits per heavy atom. The first-order valence-corrected chi connectivity index (χ1v) is 6.12. The fourth-order valence-electron chi connectivity index (χ4n) is 2.27. The second kappa shape index (κ2) is 4.48. The van der Waals surface area contributed by atoms with E-state index in [4.69, 9.17) is 5.73 Å². The minimum atomic E-state index is -0.255. The molecule has 19 heavy (non-hydrogen) atoms. The number of aromatic amines is 1. The molecule has 2 aromatic carbocycles. The highest BCUT2D eigenvalue weighted by Crippen LogP contribution is 2.24. The van der Waals surface area contributed by atoms with Crippen molar-refractivity contribution in [3.63, 3.8) is 0 Å². The Kier molecular flexibility index (Phi) is 2.80. The summed E-state index contributed by atoms with van der Waals surface area (Å²) in [5, 5.41) is 0. The van der Waals surface area contributed by atoms with Crippen molar-refractivity contribution < 1.29 is 4.39 Å². The standard InChI is InChI=1S/C15H14FN3/c1-9-5-11(7-12(16)6-9)15-18-13-4-2-3-10(8-17)14(13)19-15/h2-7H,8,17H2,1H3,(H,18,19). The molecule has 3 rings (SSSR count). The Labute approximate surface area is 110 Å². The van der Waals surface area contributed by atoms with Crippen LogP contribution >= 0.6 is 0 Å². The van der Waals surface area contributed by atoms with Crippen LogP contribution in [0, 0.1) is 12.7 Å². The van der Waals surface area contributed by atoms with Gasteiger partial charge in [-0.3, -0.25) is 0 Å². The van der Waals surface area contributed by atoms with E-state index in [9.17, 15) is 4.39 Å². The third-order valence-corrected chi connectivity index (χ3v) is 3.13. The van der Waals surface area contributed by atoms with Crippen LogP contribution in [0.25, 0.3) is 22.4 Å². The second-order valence-corrected chi connectivity index (χ2v) is 4.62. The van der Waals surface area contributed by atoms with E-state index in [-0.39, 0.29) is 5.82 Å². The van der Waals surface area contributed by atoms with Crippen molar-refractivity contribution in [3.8, 4) is 11.4 Å². The molecule has 0 spiro atoms. The first kappa shape index (κ1) is 11.9. The van der Waals surface area contributed by atoms with Gasteiger partial charge >= 0.3 is 0 Å².